The molecule has 1 atom stereocenters. The number of fused-ring (bicyclic) bond motifs is 1. The van der Waals surface area contributed by atoms with Gasteiger partial charge in [-0.15, -0.1) is 19.7 Å². The molecule has 70 heavy (non-hydrogen) atoms. The Hall–Kier alpha value is -5.67. The maximum atomic E-state index is 9.50. The van der Waals surface area contributed by atoms with Gasteiger partial charge in [-0.1, -0.05) is 116 Å². The summed E-state index contributed by atoms with van der Waals surface area (Å²) in [5, 5.41) is 20.0. The number of H-pyrrole nitrogens is 2. The Morgan fingerprint density at radius 3 is 2.01 bits per heavy atom. The van der Waals surface area contributed by atoms with Crippen molar-refractivity contribution < 1.29 is 4.39 Å². The zero-order valence-electron chi connectivity index (χ0n) is 45.8. The van der Waals surface area contributed by atoms with Crippen LogP contribution in [0.4, 0.5) is 10.1 Å². The van der Waals surface area contributed by atoms with E-state index < -0.39 is 0 Å². The minimum atomic E-state index is 0.255. The number of nitrogens with zero attached hydrogens (tertiary/aromatic N) is 1. The van der Waals surface area contributed by atoms with Crippen molar-refractivity contribution in [2.45, 2.75) is 138 Å². The molecule has 0 aliphatic rings. The van der Waals surface area contributed by atoms with Crippen LogP contribution in [0.5, 0.6) is 0 Å². The highest BCUT2D eigenvalue weighted by Gasteiger charge is 2.14. The van der Waals surface area contributed by atoms with E-state index in [1.165, 1.54) is 110 Å². The van der Waals surface area contributed by atoms with Gasteiger partial charge in [-0.2, -0.15) is 0 Å². The Kier molecular flexibility index (Phi) is 36.9. The minimum absolute atomic E-state index is 0.255. The van der Waals surface area contributed by atoms with Gasteiger partial charge in [0.15, 0.2) is 0 Å². The second-order valence-electron chi connectivity index (χ2n) is 17.6. The Balaban J connectivity index is 0.00000107. The number of para-hydroxylation sites is 1. The summed E-state index contributed by atoms with van der Waals surface area (Å²) in [6.07, 6.45) is 21.4. The number of hydrogen-bond donors (Lipinski definition) is 7. The van der Waals surface area contributed by atoms with E-state index in [0.29, 0.717) is 7.18 Å². The van der Waals surface area contributed by atoms with Gasteiger partial charge in [0.2, 0.25) is 0 Å². The second-order valence-corrected chi connectivity index (χ2v) is 17.6. The van der Waals surface area contributed by atoms with E-state index in [0.717, 1.165) is 90.7 Å². The zero-order valence-corrected chi connectivity index (χ0v) is 45.8. The van der Waals surface area contributed by atoms with Crippen LogP contribution < -0.4 is 37.2 Å². The zero-order chi connectivity index (χ0) is 52.7. The number of alkyl halides is 1. The number of allylic oxidation sites excluding steroid dienone is 2. The third-order valence-electron chi connectivity index (χ3n) is 12.2. The SMILES string of the molecule is C=C.C=C(CCCC)NCCCCCCCNc1cccc(C)c1C.C=C(NCCCN(CCC)CCC)c1c(C)[nH]c(/C=c2\c(=C)[nH]c3ccccc23)c1C.C=CCCC(NC=C)C(=C)NC.CF. The average Bonchev–Trinajstić information content (AvgIpc) is 3.84. The summed E-state index contributed by atoms with van der Waals surface area (Å²) in [6.45, 7) is 51.8. The van der Waals surface area contributed by atoms with Crippen molar-refractivity contribution in [3.8, 4) is 0 Å². The van der Waals surface area contributed by atoms with E-state index in [1.54, 1.807) is 6.20 Å². The standard InChI is InChI=1S/C27H38N4.C21H36N2.C10H18N2.C2H4.CH3F/c1-7-15-31(16-8-2)17-11-14-28-21(5)27-19(3)26(30-22(27)6)18-24-20(4)29-25-13-10-9-12-23(24)25;1-5-6-14-19(3)22-16-10-8-7-9-11-17-23-21-15-12-13-18(2)20(21)4;1-5-7-8-10(12-6-2)9(3)11-4;2*1-2/h9-10,12-13,18,28-30H,4-5,7-8,11,14-17H2,1-3,6H3;12-13,15,22-23H,3,5-11,14,16-17H2,1-2,4H3;5-6,10-12H,1-3,7-8H2,4H3;1-2H2;1H3/b24-18+;;;;. The lowest BCUT2D eigenvalue weighted by atomic mass is 10.1. The molecule has 0 aliphatic carbocycles. The Morgan fingerprint density at radius 2 is 1.39 bits per heavy atom. The number of hydrogen-bond acceptors (Lipinski definition) is 6. The number of likely N-dealkylation sites (N-methyl/N-ethyl adjacent to an activating group) is 1. The molecule has 2 aromatic heterocycles. The van der Waals surface area contributed by atoms with E-state index >= 15 is 0 Å². The molecular weight excluding hydrogens is 864 g/mol. The van der Waals surface area contributed by atoms with Gasteiger partial charge in [-0.25, -0.2) is 0 Å². The normalized spacial score (nSPS) is 11.0. The Bertz CT molecular complexity index is 2170. The van der Waals surface area contributed by atoms with Crippen molar-refractivity contribution in [1.29, 1.82) is 0 Å². The van der Waals surface area contributed by atoms with Gasteiger partial charge in [0, 0.05) is 87.9 Å². The van der Waals surface area contributed by atoms with Gasteiger partial charge in [0.25, 0.3) is 0 Å². The molecule has 0 saturated heterocycles. The first kappa shape index (κ1) is 64.3. The van der Waals surface area contributed by atoms with Gasteiger partial charge >= 0.3 is 0 Å². The number of benzene rings is 2. The van der Waals surface area contributed by atoms with Gasteiger partial charge < -0.3 is 41.5 Å². The summed E-state index contributed by atoms with van der Waals surface area (Å²) < 4.78 is 9.50. The molecule has 7 N–H and O–H groups in total. The average molecular weight is 964 g/mol. The van der Waals surface area contributed by atoms with Gasteiger partial charge in [-0.05, 0) is 146 Å². The molecule has 4 aromatic rings. The molecule has 1 unspecified atom stereocenters. The molecule has 4 rings (SSSR count). The van der Waals surface area contributed by atoms with Crippen LogP contribution in [0.3, 0.4) is 0 Å². The first-order chi connectivity index (χ1) is 33.9. The summed E-state index contributed by atoms with van der Waals surface area (Å²) in [7, 11) is 2.37. The molecule has 0 amide bonds. The van der Waals surface area contributed by atoms with Crippen LogP contribution in [0.2, 0.25) is 0 Å². The third kappa shape index (κ3) is 24.7. The molecule has 0 fully saturated rings. The molecule has 2 aromatic carbocycles. The molecule has 8 nitrogen and oxygen atoms in total. The molecule has 2 heterocycles. The highest BCUT2D eigenvalue weighted by atomic mass is 19.1. The fraction of sp³-hybridized carbons (Fsp3) is 0.475. The summed E-state index contributed by atoms with van der Waals surface area (Å²) in [5.41, 5.74) is 13.0. The fourth-order valence-electron chi connectivity index (χ4n) is 8.15. The Labute approximate surface area is 427 Å². The molecule has 9 heteroatoms. The number of aryl methyl sites for hydroxylation is 2. The number of rotatable bonds is 31. The summed E-state index contributed by atoms with van der Waals surface area (Å²) in [5.74, 6) is 0. The number of unbranched alkanes of at least 4 members (excludes halogenated alkanes) is 5. The molecule has 390 valence electrons. The molecule has 0 radical (unpaired) electrons. The van der Waals surface area contributed by atoms with E-state index in [4.69, 9.17) is 0 Å². The lowest BCUT2D eigenvalue weighted by Crippen LogP contribution is -2.31. The van der Waals surface area contributed by atoms with Gasteiger partial charge in [0.1, 0.15) is 0 Å². The Morgan fingerprint density at radius 1 is 0.743 bits per heavy atom. The van der Waals surface area contributed by atoms with Gasteiger partial charge in [-0.3, -0.25) is 4.39 Å². The molecule has 0 saturated carbocycles. The van der Waals surface area contributed by atoms with Crippen LogP contribution in [0, 0.1) is 27.7 Å². The molecule has 0 bridgehead atoms. The van der Waals surface area contributed by atoms with E-state index in [-0.39, 0.29) is 6.04 Å². The smallest absolute Gasteiger partial charge is 0.0785 e. The lowest BCUT2D eigenvalue weighted by Gasteiger charge is -2.21. The van der Waals surface area contributed by atoms with Crippen LogP contribution in [0.1, 0.15) is 138 Å². The van der Waals surface area contributed by atoms with E-state index in [2.05, 4.69) is 185 Å². The van der Waals surface area contributed by atoms with Crippen LogP contribution in [0.15, 0.2) is 112 Å². The minimum Gasteiger partial charge on any atom is -0.390 e. The monoisotopic (exact) mass is 963 g/mol. The first-order valence-corrected chi connectivity index (χ1v) is 25.9. The van der Waals surface area contributed by atoms with Crippen LogP contribution >= 0.6 is 0 Å². The molecule has 0 spiro atoms. The summed E-state index contributed by atoms with van der Waals surface area (Å²) >= 11 is 0. The van der Waals surface area contributed by atoms with Crippen LogP contribution in [-0.4, -0.2) is 74.4 Å². The highest BCUT2D eigenvalue weighted by Crippen LogP contribution is 2.24. The van der Waals surface area contributed by atoms with Gasteiger partial charge in [0.05, 0.1) is 13.2 Å². The predicted octanol–water partition coefficient (Wildman–Crippen LogP) is 13.6. The largest absolute Gasteiger partial charge is 0.390 e. The van der Waals surface area contributed by atoms with Crippen molar-refractivity contribution in [3.63, 3.8) is 0 Å². The highest BCUT2D eigenvalue weighted by molar-refractivity contribution is 5.82. The number of halogens is 1. The quantitative estimate of drug-likeness (QED) is 0.0201. The topological polar surface area (TPSA) is 95.0 Å². The molecular formula is C61H99FN8. The number of aromatic amines is 2. The van der Waals surface area contributed by atoms with E-state index in [1.807, 2.05) is 19.2 Å². The second kappa shape index (κ2) is 40.1. The van der Waals surface area contributed by atoms with Crippen LogP contribution in [-0.2, 0) is 0 Å². The number of nitrogens with one attached hydrogen (secondary N) is 7. The van der Waals surface area contributed by atoms with E-state index in [9.17, 15) is 4.39 Å². The third-order valence-corrected chi connectivity index (χ3v) is 12.2. The van der Waals surface area contributed by atoms with Crippen molar-refractivity contribution in [1.82, 2.24) is 36.1 Å². The summed E-state index contributed by atoms with van der Waals surface area (Å²) in [6, 6.07) is 15.1. The maximum Gasteiger partial charge on any atom is 0.0785 e. The number of anilines is 1. The fourth-order valence-corrected chi connectivity index (χ4v) is 8.15. The predicted molar refractivity (Wildman–Crippen MR) is 313 cm³/mol. The van der Waals surface area contributed by atoms with Crippen LogP contribution in [0.25, 0.3) is 29.3 Å². The number of aromatic nitrogens is 2. The first-order valence-electron chi connectivity index (χ1n) is 25.9. The lowest BCUT2D eigenvalue weighted by molar-refractivity contribution is 0.271. The summed E-state index contributed by atoms with van der Waals surface area (Å²) in [4.78, 5) is 9.50. The van der Waals surface area contributed by atoms with Crippen molar-refractivity contribution in [2.75, 3.05) is 58.8 Å². The van der Waals surface area contributed by atoms with Crippen molar-refractivity contribution in [3.05, 3.63) is 156 Å². The van der Waals surface area contributed by atoms with Crippen molar-refractivity contribution >= 4 is 34.9 Å². The van der Waals surface area contributed by atoms with Crippen molar-refractivity contribution in [2.24, 2.45) is 0 Å². The maximum absolute atomic E-state index is 9.50. The molecule has 0 aliphatic heterocycles.